The molecule has 1 aromatic carbocycles. The van der Waals surface area contributed by atoms with E-state index in [9.17, 15) is 13.2 Å². The van der Waals surface area contributed by atoms with E-state index in [2.05, 4.69) is 4.40 Å². The lowest BCUT2D eigenvalue weighted by atomic mass is 9.75. The topological polar surface area (TPSA) is 63.6 Å². The number of benzene rings is 1. The maximum atomic E-state index is 13.0. The number of sulfonamides is 1. The molecule has 4 nitrogen and oxygen atoms in total. The molecule has 8 heteroatoms. The van der Waals surface area contributed by atoms with Gasteiger partial charge in [-0.1, -0.05) is 57.0 Å². The van der Waals surface area contributed by atoms with Gasteiger partial charge in [-0.25, -0.2) is 0 Å². The molecule has 2 unspecified atom stereocenters. The van der Waals surface area contributed by atoms with Crippen LogP contribution < -0.4 is 0 Å². The van der Waals surface area contributed by atoms with Crippen molar-refractivity contribution in [2.75, 3.05) is 0 Å². The van der Waals surface area contributed by atoms with Crippen LogP contribution in [0, 0.1) is 18.8 Å². The highest BCUT2D eigenvalue weighted by molar-refractivity contribution is 7.90. The molecule has 27 heavy (non-hydrogen) atoms. The molecule has 0 aromatic heterocycles. The summed E-state index contributed by atoms with van der Waals surface area (Å²) in [5, 5.41) is -1.22. The number of Topliss-reactive ketones (excluding diaryl/α,β-unsaturated/α-hetero) is 1. The van der Waals surface area contributed by atoms with E-state index in [-0.39, 0.29) is 38.8 Å². The van der Waals surface area contributed by atoms with Gasteiger partial charge in [-0.15, -0.1) is 23.2 Å². The number of carbonyl (C=O) groups is 1. The van der Waals surface area contributed by atoms with Gasteiger partial charge in [-0.05, 0) is 30.9 Å². The number of rotatable bonds is 4. The van der Waals surface area contributed by atoms with Gasteiger partial charge in [-0.3, -0.25) is 4.79 Å². The van der Waals surface area contributed by atoms with Gasteiger partial charge in [0.25, 0.3) is 10.0 Å². The zero-order valence-electron chi connectivity index (χ0n) is 15.8. The lowest BCUT2D eigenvalue weighted by molar-refractivity contribution is -0.119. The Morgan fingerprint density at radius 3 is 2.07 bits per heavy atom. The van der Waals surface area contributed by atoms with Crippen molar-refractivity contribution in [3.63, 3.8) is 0 Å². The SMILES string of the molecule is Cc1ccc(S(=O)(=O)N=C2C(Cl)=C(C(C)C)C(=O)C(Cl)(C(C)C)C2Cl)cc1. The normalized spacial score (nSPS) is 25.8. The Morgan fingerprint density at radius 1 is 1.11 bits per heavy atom. The quantitative estimate of drug-likeness (QED) is 0.600. The van der Waals surface area contributed by atoms with E-state index in [1.165, 1.54) is 12.1 Å². The van der Waals surface area contributed by atoms with Crippen molar-refractivity contribution < 1.29 is 13.2 Å². The molecule has 0 spiro atoms. The van der Waals surface area contributed by atoms with Gasteiger partial charge < -0.3 is 0 Å². The number of halogens is 3. The van der Waals surface area contributed by atoms with Crippen molar-refractivity contribution in [1.29, 1.82) is 0 Å². The first kappa shape index (κ1) is 22.4. The maximum Gasteiger partial charge on any atom is 0.282 e. The van der Waals surface area contributed by atoms with E-state index >= 15 is 0 Å². The van der Waals surface area contributed by atoms with Crippen LogP contribution in [0.4, 0.5) is 0 Å². The predicted octanol–water partition coefficient (Wildman–Crippen LogP) is 5.10. The molecule has 0 fully saturated rings. The Kier molecular flexibility index (Phi) is 6.52. The van der Waals surface area contributed by atoms with Gasteiger partial charge in [-0.2, -0.15) is 12.8 Å². The van der Waals surface area contributed by atoms with Crippen LogP contribution in [0.25, 0.3) is 0 Å². The highest BCUT2D eigenvalue weighted by Gasteiger charge is 2.54. The van der Waals surface area contributed by atoms with E-state index < -0.39 is 20.3 Å². The molecule has 0 saturated carbocycles. The molecule has 2 rings (SSSR count). The average Bonchev–Trinajstić information content (AvgIpc) is 2.57. The zero-order valence-corrected chi connectivity index (χ0v) is 18.8. The highest BCUT2D eigenvalue weighted by Crippen LogP contribution is 2.45. The molecule has 0 bridgehead atoms. The minimum absolute atomic E-state index is 0.0154. The predicted molar refractivity (Wildman–Crippen MR) is 112 cm³/mol. The molecule has 1 aromatic rings. The fourth-order valence-corrected chi connectivity index (χ4v) is 5.29. The molecule has 2 atom stereocenters. The molecule has 1 aliphatic carbocycles. The van der Waals surface area contributed by atoms with Crippen molar-refractivity contribution >= 4 is 56.3 Å². The summed E-state index contributed by atoms with van der Waals surface area (Å²) in [6, 6.07) is 6.27. The number of alkyl halides is 2. The summed E-state index contributed by atoms with van der Waals surface area (Å²) in [6.45, 7) is 8.93. The first-order valence-electron chi connectivity index (χ1n) is 8.53. The summed E-state index contributed by atoms with van der Waals surface area (Å²) >= 11 is 19.6. The summed E-state index contributed by atoms with van der Waals surface area (Å²) in [5.74, 6) is -1.01. The number of nitrogens with zero attached hydrogens (tertiary/aromatic N) is 1. The summed E-state index contributed by atoms with van der Waals surface area (Å²) in [7, 11) is -4.07. The first-order chi connectivity index (χ1) is 12.3. The summed E-state index contributed by atoms with van der Waals surface area (Å²) in [4.78, 5) is 11.5. The van der Waals surface area contributed by atoms with Crippen LogP contribution in [0.1, 0.15) is 33.3 Å². The van der Waals surface area contributed by atoms with Crippen molar-refractivity contribution in [1.82, 2.24) is 0 Å². The van der Waals surface area contributed by atoms with Gasteiger partial charge in [0.05, 0.1) is 15.6 Å². The fraction of sp³-hybridized carbons (Fsp3) is 0.474. The van der Waals surface area contributed by atoms with E-state index in [0.717, 1.165) is 5.56 Å². The number of hydrogen-bond acceptors (Lipinski definition) is 3. The van der Waals surface area contributed by atoms with Gasteiger partial charge in [0.2, 0.25) is 0 Å². The maximum absolute atomic E-state index is 13.0. The van der Waals surface area contributed by atoms with E-state index in [4.69, 9.17) is 34.8 Å². The van der Waals surface area contributed by atoms with Crippen LogP contribution in [0.3, 0.4) is 0 Å². The molecule has 0 heterocycles. The molecule has 0 saturated heterocycles. The third-order valence-corrected chi connectivity index (χ3v) is 7.81. The van der Waals surface area contributed by atoms with Crippen LogP contribution in [-0.4, -0.2) is 30.2 Å². The van der Waals surface area contributed by atoms with Gasteiger partial charge in [0.15, 0.2) is 5.78 Å². The molecule has 0 amide bonds. The van der Waals surface area contributed by atoms with Crippen molar-refractivity contribution in [2.45, 2.75) is 49.8 Å². The second-order valence-corrected chi connectivity index (χ2v) is 10.3. The molecule has 0 aliphatic heterocycles. The standard InChI is InChI=1S/C19H22Cl3NO3S/c1-10(2)14-15(20)16(17(21)19(22,11(3)4)18(14)24)23-27(25,26)13-8-6-12(5)7-9-13/h6-11,17H,1-5H3. The molecule has 1 aliphatic rings. The smallest absolute Gasteiger partial charge is 0.282 e. The summed E-state index contributed by atoms with van der Waals surface area (Å²) in [6.07, 6.45) is 0. The summed E-state index contributed by atoms with van der Waals surface area (Å²) < 4.78 is 29.5. The Bertz CT molecular complexity index is 918. The minimum Gasteiger partial charge on any atom is -0.292 e. The van der Waals surface area contributed by atoms with Crippen LogP contribution >= 0.6 is 34.8 Å². The number of aryl methyl sites for hydroxylation is 1. The second-order valence-electron chi connectivity index (χ2n) is 7.26. The third kappa shape index (κ3) is 3.98. The lowest BCUT2D eigenvalue weighted by Gasteiger charge is -2.39. The van der Waals surface area contributed by atoms with Crippen LogP contribution in [0.15, 0.2) is 44.2 Å². The molecular formula is C19H22Cl3NO3S. The number of ketones is 1. The Morgan fingerprint density at radius 2 is 1.63 bits per heavy atom. The van der Waals surface area contributed by atoms with E-state index in [1.54, 1.807) is 39.8 Å². The Hall–Kier alpha value is -0.880. The van der Waals surface area contributed by atoms with Gasteiger partial charge >= 0.3 is 0 Å². The van der Waals surface area contributed by atoms with Crippen LogP contribution in [0.2, 0.25) is 0 Å². The van der Waals surface area contributed by atoms with Crippen molar-refractivity contribution in [2.24, 2.45) is 16.2 Å². The van der Waals surface area contributed by atoms with Crippen molar-refractivity contribution in [3.8, 4) is 0 Å². The molecular weight excluding hydrogens is 429 g/mol. The number of hydrogen-bond donors (Lipinski definition) is 0. The monoisotopic (exact) mass is 449 g/mol. The highest BCUT2D eigenvalue weighted by atomic mass is 35.5. The van der Waals surface area contributed by atoms with Gasteiger partial charge in [0, 0.05) is 5.57 Å². The number of allylic oxidation sites excluding steroid dienone is 2. The second kappa shape index (κ2) is 7.86. The Labute approximate surface area is 175 Å². The molecule has 0 radical (unpaired) electrons. The Balaban J connectivity index is 2.74. The van der Waals surface area contributed by atoms with Crippen molar-refractivity contribution in [3.05, 3.63) is 40.4 Å². The van der Waals surface area contributed by atoms with Crippen LogP contribution in [0.5, 0.6) is 0 Å². The third-order valence-electron chi connectivity index (χ3n) is 4.62. The largest absolute Gasteiger partial charge is 0.292 e. The van der Waals surface area contributed by atoms with Gasteiger partial charge in [0.1, 0.15) is 10.3 Å². The van der Waals surface area contributed by atoms with E-state index in [1.807, 2.05) is 6.92 Å². The number of carbonyl (C=O) groups excluding carboxylic acids is 1. The fourth-order valence-electron chi connectivity index (χ4n) is 2.92. The zero-order chi connectivity index (χ0) is 20.7. The lowest BCUT2D eigenvalue weighted by Crippen LogP contribution is -2.54. The molecule has 0 N–H and O–H groups in total. The molecule has 148 valence electrons. The van der Waals surface area contributed by atoms with Crippen LogP contribution in [-0.2, 0) is 14.8 Å². The summed E-state index contributed by atoms with van der Waals surface area (Å²) in [5.41, 5.74) is 1.07. The minimum atomic E-state index is -4.07. The van der Waals surface area contributed by atoms with E-state index in [0.29, 0.717) is 0 Å². The first-order valence-corrected chi connectivity index (χ1v) is 11.2. The average molecular weight is 451 g/mol.